The molecule has 1 N–H and O–H groups in total. The number of benzene rings is 1. The molecule has 3 aliphatic heterocycles. The molecule has 2 atom stereocenters. The van der Waals surface area contributed by atoms with Crippen LogP contribution in [0.3, 0.4) is 0 Å². The van der Waals surface area contributed by atoms with E-state index in [0.29, 0.717) is 18.3 Å². The number of anilines is 1. The van der Waals surface area contributed by atoms with Crippen LogP contribution in [0.5, 0.6) is 5.75 Å². The van der Waals surface area contributed by atoms with E-state index in [4.69, 9.17) is 9.26 Å². The largest absolute Gasteiger partial charge is 0.495 e. The molecule has 3 saturated heterocycles. The minimum Gasteiger partial charge on any atom is -0.495 e. The van der Waals surface area contributed by atoms with Crippen molar-refractivity contribution in [2.45, 2.75) is 45.1 Å². The Bertz CT molecular complexity index is 981. The molecule has 5 rings (SSSR count). The maximum absolute atomic E-state index is 13.3. The Balaban J connectivity index is 1.12. The standard InChI is InChI=1S/C28H41N5O3/c1-35-27-8-4-3-7-26(27)32-13-15-33(16-14-32)28(34)18-22-9-10-29-20-23(22)17-24-19-25(36-30-24)21-31-11-5-2-6-12-31/h3-4,7-8,19,22-23,29H,2,5-6,9-18,20-21H2,1H3/t22-,23-/m0/s1. The minimum absolute atomic E-state index is 0.289. The molecule has 0 aliphatic carbocycles. The van der Waals surface area contributed by atoms with E-state index in [1.807, 2.05) is 18.2 Å². The average molecular weight is 496 g/mol. The van der Waals surface area contributed by atoms with Crippen molar-refractivity contribution in [3.05, 3.63) is 41.8 Å². The smallest absolute Gasteiger partial charge is 0.222 e. The first-order chi connectivity index (χ1) is 17.7. The zero-order valence-electron chi connectivity index (χ0n) is 21.7. The van der Waals surface area contributed by atoms with Gasteiger partial charge in [0.2, 0.25) is 5.91 Å². The first-order valence-corrected chi connectivity index (χ1v) is 13.7. The number of amides is 1. The van der Waals surface area contributed by atoms with Crippen LogP contribution in [0.2, 0.25) is 0 Å². The number of piperazine rings is 1. The van der Waals surface area contributed by atoms with Crippen LogP contribution in [0.25, 0.3) is 0 Å². The summed E-state index contributed by atoms with van der Waals surface area (Å²) in [6.07, 6.45) is 6.43. The molecule has 3 fully saturated rings. The van der Waals surface area contributed by atoms with E-state index in [2.05, 4.69) is 37.3 Å². The number of methoxy groups -OCH3 is 1. The fraction of sp³-hybridized carbons (Fsp3) is 0.643. The van der Waals surface area contributed by atoms with Crippen LogP contribution in [0.4, 0.5) is 5.69 Å². The lowest BCUT2D eigenvalue weighted by Gasteiger charge is -2.38. The van der Waals surface area contributed by atoms with Crippen molar-refractivity contribution in [2.24, 2.45) is 11.8 Å². The maximum Gasteiger partial charge on any atom is 0.222 e. The van der Waals surface area contributed by atoms with Crippen LogP contribution >= 0.6 is 0 Å². The molecule has 0 spiro atoms. The number of hydrogen-bond acceptors (Lipinski definition) is 7. The molecule has 8 nitrogen and oxygen atoms in total. The SMILES string of the molecule is COc1ccccc1N1CCN(C(=O)C[C@@H]2CCNC[C@@H]2Cc2cc(CN3CCCCC3)on2)CC1. The maximum atomic E-state index is 13.3. The summed E-state index contributed by atoms with van der Waals surface area (Å²) >= 11 is 0. The lowest BCUT2D eigenvalue weighted by atomic mass is 9.81. The molecule has 196 valence electrons. The van der Waals surface area contributed by atoms with Crippen LogP contribution in [-0.4, -0.2) is 80.3 Å². The van der Waals surface area contributed by atoms with Gasteiger partial charge < -0.3 is 24.4 Å². The van der Waals surface area contributed by atoms with Crippen molar-refractivity contribution in [3.63, 3.8) is 0 Å². The zero-order valence-corrected chi connectivity index (χ0v) is 21.7. The van der Waals surface area contributed by atoms with Gasteiger partial charge >= 0.3 is 0 Å². The predicted octanol–water partition coefficient (Wildman–Crippen LogP) is 3.18. The fourth-order valence-electron chi connectivity index (χ4n) is 6.06. The molecule has 2 aromatic rings. The number of ether oxygens (including phenoxy) is 1. The van der Waals surface area contributed by atoms with E-state index in [1.54, 1.807) is 7.11 Å². The first-order valence-electron chi connectivity index (χ1n) is 13.7. The summed E-state index contributed by atoms with van der Waals surface area (Å²) in [7, 11) is 1.71. The first kappa shape index (κ1) is 25.1. The van der Waals surface area contributed by atoms with E-state index in [0.717, 1.165) is 94.6 Å². The number of rotatable bonds is 8. The molecule has 8 heteroatoms. The van der Waals surface area contributed by atoms with Crippen LogP contribution in [-0.2, 0) is 17.8 Å². The van der Waals surface area contributed by atoms with Gasteiger partial charge in [-0.1, -0.05) is 23.7 Å². The van der Waals surface area contributed by atoms with Gasteiger partial charge in [0.1, 0.15) is 5.75 Å². The summed E-state index contributed by atoms with van der Waals surface area (Å²) in [6.45, 7) is 8.27. The molecule has 1 aromatic carbocycles. The van der Waals surface area contributed by atoms with Crippen molar-refractivity contribution < 1.29 is 14.1 Å². The van der Waals surface area contributed by atoms with Crippen LogP contribution in [0, 0.1) is 11.8 Å². The number of likely N-dealkylation sites (tertiary alicyclic amines) is 1. The van der Waals surface area contributed by atoms with Crippen molar-refractivity contribution >= 4 is 11.6 Å². The number of nitrogens with one attached hydrogen (secondary N) is 1. The molecule has 0 unspecified atom stereocenters. The Morgan fingerprint density at radius 2 is 1.89 bits per heavy atom. The highest BCUT2D eigenvalue weighted by atomic mass is 16.5. The van der Waals surface area contributed by atoms with Crippen LogP contribution in [0.15, 0.2) is 34.9 Å². The quantitative estimate of drug-likeness (QED) is 0.603. The van der Waals surface area contributed by atoms with E-state index >= 15 is 0 Å². The molecule has 0 saturated carbocycles. The van der Waals surface area contributed by atoms with Crippen molar-refractivity contribution in [1.29, 1.82) is 0 Å². The Morgan fingerprint density at radius 1 is 1.08 bits per heavy atom. The number of piperidine rings is 2. The Kier molecular flexibility index (Phi) is 8.43. The Morgan fingerprint density at radius 3 is 2.69 bits per heavy atom. The molecular weight excluding hydrogens is 454 g/mol. The van der Waals surface area contributed by atoms with Gasteiger partial charge in [0, 0.05) is 38.7 Å². The topological polar surface area (TPSA) is 74.1 Å². The summed E-state index contributed by atoms with van der Waals surface area (Å²) < 4.78 is 11.2. The highest BCUT2D eigenvalue weighted by molar-refractivity contribution is 5.77. The normalized spacial score (nSPS) is 23.6. The van der Waals surface area contributed by atoms with Crippen molar-refractivity contribution in [1.82, 2.24) is 20.3 Å². The van der Waals surface area contributed by atoms with Gasteiger partial charge in [-0.25, -0.2) is 0 Å². The van der Waals surface area contributed by atoms with Gasteiger partial charge in [-0.3, -0.25) is 9.69 Å². The van der Waals surface area contributed by atoms with Gasteiger partial charge in [-0.05, 0) is 75.8 Å². The van der Waals surface area contributed by atoms with Crippen molar-refractivity contribution in [3.8, 4) is 5.75 Å². The van der Waals surface area contributed by atoms with Crippen LogP contribution < -0.4 is 15.0 Å². The number of aromatic nitrogens is 1. The second-order valence-electron chi connectivity index (χ2n) is 10.6. The summed E-state index contributed by atoms with van der Waals surface area (Å²) in [4.78, 5) is 20.1. The Labute approximate surface area is 214 Å². The molecule has 0 bridgehead atoms. The molecular formula is C28H41N5O3. The van der Waals surface area contributed by atoms with Gasteiger partial charge in [0.05, 0.1) is 25.0 Å². The number of nitrogens with zero attached hydrogens (tertiary/aromatic N) is 4. The van der Waals surface area contributed by atoms with E-state index < -0.39 is 0 Å². The van der Waals surface area contributed by atoms with Crippen molar-refractivity contribution in [2.75, 3.05) is 64.4 Å². The highest BCUT2D eigenvalue weighted by Gasteiger charge is 2.31. The van der Waals surface area contributed by atoms with Gasteiger partial charge in [-0.15, -0.1) is 0 Å². The van der Waals surface area contributed by atoms with E-state index in [9.17, 15) is 4.79 Å². The summed E-state index contributed by atoms with van der Waals surface area (Å²) in [6, 6.07) is 10.3. The van der Waals surface area contributed by atoms with Gasteiger partial charge in [0.15, 0.2) is 5.76 Å². The molecule has 1 amide bonds. The molecule has 4 heterocycles. The zero-order chi connectivity index (χ0) is 24.7. The third-order valence-corrected chi connectivity index (χ3v) is 8.17. The Hall–Kier alpha value is -2.58. The number of carbonyl (C=O) groups is 1. The van der Waals surface area contributed by atoms with Crippen LogP contribution in [0.1, 0.15) is 43.6 Å². The molecule has 36 heavy (non-hydrogen) atoms. The number of carbonyl (C=O) groups excluding carboxylic acids is 1. The lowest BCUT2D eigenvalue weighted by Crippen LogP contribution is -2.50. The van der Waals surface area contributed by atoms with Gasteiger partial charge in [0.25, 0.3) is 0 Å². The number of hydrogen-bond donors (Lipinski definition) is 1. The molecule has 0 radical (unpaired) electrons. The molecule has 1 aromatic heterocycles. The second kappa shape index (κ2) is 12.1. The fourth-order valence-corrected chi connectivity index (χ4v) is 6.06. The van der Waals surface area contributed by atoms with E-state index in [-0.39, 0.29) is 5.91 Å². The highest BCUT2D eigenvalue weighted by Crippen LogP contribution is 2.30. The summed E-state index contributed by atoms with van der Waals surface area (Å²) in [5.74, 6) is 2.94. The van der Waals surface area contributed by atoms with Gasteiger partial charge in [-0.2, -0.15) is 0 Å². The second-order valence-corrected chi connectivity index (χ2v) is 10.6. The minimum atomic E-state index is 0.289. The molecule has 3 aliphatic rings. The van der Waals surface area contributed by atoms with E-state index in [1.165, 1.54) is 19.3 Å². The predicted molar refractivity (Wildman–Crippen MR) is 140 cm³/mol. The monoisotopic (exact) mass is 495 g/mol. The summed E-state index contributed by atoms with van der Waals surface area (Å²) in [5, 5.41) is 7.92. The average Bonchev–Trinajstić information content (AvgIpc) is 3.37. The number of para-hydroxylation sites is 2. The third kappa shape index (κ3) is 6.21. The summed E-state index contributed by atoms with van der Waals surface area (Å²) in [5.41, 5.74) is 2.14. The lowest BCUT2D eigenvalue weighted by molar-refractivity contribution is -0.133. The third-order valence-electron chi connectivity index (χ3n) is 8.17.